The fraction of sp³-hybridized carbons (Fsp3) is 0.296. The summed E-state index contributed by atoms with van der Waals surface area (Å²) in [6.07, 6.45) is 1.96. The number of benzene rings is 3. The van der Waals surface area contributed by atoms with Crippen LogP contribution in [0.2, 0.25) is 0 Å². The maximum atomic E-state index is 13.0. The van der Waals surface area contributed by atoms with Crippen LogP contribution in [0, 0.1) is 13.8 Å². The molecule has 4 N–H and O–H groups in total. The third-order valence-corrected chi connectivity index (χ3v) is 6.12. The minimum atomic E-state index is -0.671. The Morgan fingerprint density at radius 1 is 1.09 bits per heavy atom. The second-order valence-electron chi connectivity index (χ2n) is 8.60. The Hall–Kier alpha value is -3.31. The maximum absolute atomic E-state index is 13.0. The molecule has 0 fully saturated rings. The molecule has 3 aromatic rings. The molecule has 0 saturated heterocycles. The van der Waals surface area contributed by atoms with Crippen LogP contribution in [-0.4, -0.2) is 23.7 Å². The third kappa shape index (κ3) is 4.94. The number of nitrogens with one attached hydrogen (secondary N) is 1. The molecule has 1 amide bonds. The van der Waals surface area contributed by atoms with Crippen molar-refractivity contribution in [1.82, 2.24) is 5.32 Å². The van der Waals surface area contributed by atoms with E-state index in [2.05, 4.69) is 29.6 Å². The summed E-state index contributed by atoms with van der Waals surface area (Å²) < 4.78 is 5.83. The Labute approximate surface area is 189 Å². The summed E-state index contributed by atoms with van der Waals surface area (Å²) in [6.45, 7) is 4.41. The SMILES string of the molecule is Cc1cc(O)cc(C)c1C[C@H](N)C(=O)N[C@@H]1CCOc2ccc(Cc3ccccc3)cc21. The van der Waals surface area contributed by atoms with Gasteiger partial charge in [-0.15, -0.1) is 0 Å². The molecule has 2 atom stereocenters. The molecule has 5 heteroatoms. The largest absolute Gasteiger partial charge is 0.508 e. The summed E-state index contributed by atoms with van der Waals surface area (Å²) in [7, 11) is 0. The number of carbonyl (C=O) groups is 1. The van der Waals surface area contributed by atoms with E-state index in [-0.39, 0.29) is 17.7 Å². The number of fused-ring (bicyclic) bond motifs is 1. The Kier molecular flexibility index (Phi) is 6.47. The van der Waals surface area contributed by atoms with Gasteiger partial charge in [-0.1, -0.05) is 36.4 Å². The van der Waals surface area contributed by atoms with Crippen LogP contribution in [0.5, 0.6) is 11.5 Å². The van der Waals surface area contributed by atoms with Crippen LogP contribution in [0.3, 0.4) is 0 Å². The monoisotopic (exact) mass is 430 g/mol. The van der Waals surface area contributed by atoms with Crippen molar-refractivity contribution in [2.45, 2.75) is 45.2 Å². The Bertz CT molecular complexity index is 1090. The van der Waals surface area contributed by atoms with Gasteiger partial charge in [0.2, 0.25) is 5.91 Å². The van der Waals surface area contributed by atoms with Crippen LogP contribution in [0.25, 0.3) is 0 Å². The molecular weight excluding hydrogens is 400 g/mol. The van der Waals surface area contributed by atoms with Gasteiger partial charge in [-0.25, -0.2) is 0 Å². The van der Waals surface area contributed by atoms with Gasteiger partial charge in [-0.3, -0.25) is 4.79 Å². The molecule has 5 nitrogen and oxygen atoms in total. The zero-order valence-corrected chi connectivity index (χ0v) is 18.6. The lowest BCUT2D eigenvalue weighted by Crippen LogP contribution is -2.44. The predicted octanol–water partition coefficient (Wildman–Crippen LogP) is 4.11. The van der Waals surface area contributed by atoms with Gasteiger partial charge in [0.25, 0.3) is 0 Å². The van der Waals surface area contributed by atoms with Gasteiger partial charge in [0.15, 0.2) is 0 Å². The van der Waals surface area contributed by atoms with Gasteiger partial charge >= 0.3 is 0 Å². The molecule has 0 spiro atoms. The van der Waals surface area contributed by atoms with Crippen molar-refractivity contribution >= 4 is 5.91 Å². The van der Waals surface area contributed by atoms with Gasteiger partial charge in [-0.2, -0.15) is 0 Å². The lowest BCUT2D eigenvalue weighted by molar-refractivity contribution is -0.123. The number of aryl methyl sites for hydroxylation is 2. The van der Waals surface area contributed by atoms with Crippen LogP contribution in [-0.2, 0) is 17.6 Å². The second-order valence-corrected chi connectivity index (χ2v) is 8.60. The summed E-state index contributed by atoms with van der Waals surface area (Å²) in [5.41, 5.74) is 12.6. The number of amides is 1. The van der Waals surface area contributed by atoms with Crippen molar-refractivity contribution in [2.75, 3.05) is 6.61 Å². The first-order valence-corrected chi connectivity index (χ1v) is 11.1. The summed E-state index contributed by atoms with van der Waals surface area (Å²) in [4.78, 5) is 13.0. The maximum Gasteiger partial charge on any atom is 0.237 e. The predicted molar refractivity (Wildman–Crippen MR) is 126 cm³/mol. The normalized spacial score (nSPS) is 16.0. The highest BCUT2D eigenvalue weighted by atomic mass is 16.5. The summed E-state index contributed by atoms with van der Waals surface area (Å²) >= 11 is 0. The lowest BCUT2D eigenvalue weighted by Gasteiger charge is -2.28. The van der Waals surface area contributed by atoms with Crippen LogP contribution in [0.4, 0.5) is 0 Å². The summed E-state index contributed by atoms with van der Waals surface area (Å²) in [5, 5.41) is 12.9. The average molecular weight is 431 g/mol. The number of aromatic hydroxyl groups is 1. The molecule has 0 radical (unpaired) electrons. The highest BCUT2D eigenvalue weighted by Gasteiger charge is 2.26. The average Bonchev–Trinajstić information content (AvgIpc) is 2.77. The number of rotatable bonds is 6. The molecular formula is C27H30N2O3. The van der Waals surface area contributed by atoms with Crippen molar-refractivity contribution in [3.63, 3.8) is 0 Å². The van der Waals surface area contributed by atoms with Crippen LogP contribution in [0.1, 0.15) is 45.8 Å². The minimum Gasteiger partial charge on any atom is -0.508 e. The number of hydrogen-bond donors (Lipinski definition) is 3. The van der Waals surface area contributed by atoms with Gasteiger partial charge in [0.05, 0.1) is 18.7 Å². The van der Waals surface area contributed by atoms with E-state index in [1.807, 2.05) is 38.1 Å². The van der Waals surface area contributed by atoms with E-state index in [0.29, 0.717) is 19.4 Å². The molecule has 0 unspecified atom stereocenters. The molecule has 1 heterocycles. The number of ether oxygens (including phenoxy) is 1. The number of hydrogen-bond acceptors (Lipinski definition) is 4. The van der Waals surface area contributed by atoms with Crippen molar-refractivity contribution in [3.8, 4) is 11.5 Å². The number of carbonyl (C=O) groups excluding carboxylic acids is 1. The Balaban J connectivity index is 1.48. The number of phenolic OH excluding ortho intramolecular Hbond substituents is 1. The Morgan fingerprint density at radius 3 is 2.53 bits per heavy atom. The Morgan fingerprint density at radius 2 is 1.81 bits per heavy atom. The zero-order valence-electron chi connectivity index (χ0n) is 18.6. The topological polar surface area (TPSA) is 84.6 Å². The molecule has 0 saturated carbocycles. The third-order valence-electron chi connectivity index (χ3n) is 6.12. The molecule has 0 bridgehead atoms. The minimum absolute atomic E-state index is 0.130. The van der Waals surface area contributed by atoms with Crippen molar-refractivity contribution in [3.05, 3.63) is 94.0 Å². The highest BCUT2D eigenvalue weighted by Crippen LogP contribution is 2.33. The van der Waals surface area contributed by atoms with Gasteiger partial charge in [-0.05, 0) is 78.8 Å². The van der Waals surface area contributed by atoms with E-state index in [9.17, 15) is 9.90 Å². The molecule has 32 heavy (non-hydrogen) atoms. The fourth-order valence-corrected chi connectivity index (χ4v) is 4.42. The fourth-order valence-electron chi connectivity index (χ4n) is 4.42. The number of nitrogens with two attached hydrogens (primary N) is 1. The van der Waals surface area contributed by atoms with E-state index in [1.54, 1.807) is 12.1 Å². The van der Waals surface area contributed by atoms with E-state index in [4.69, 9.17) is 10.5 Å². The summed E-state index contributed by atoms with van der Waals surface area (Å²) in [6, 6.07) is 19.1. The highest BCUT2D eigenvalue weighted by molar-refractivity contribution is 5.82. The first-order chi connectivity index (χ1) is 15.4. The summed E-state index contributed by atoms with van der Waals surface area (Å²) in [5.74, 6) is 0.868. The molecule has 0 aliphatic carbocycles. The van der Waals surface area contributed by atoms with Crippen molar-refractivity contribution in [2.24, 2.45) is 5.73 Å². The lowest BCUT2D eigenvalue weighted by atomic mass is 9.94. The van der Waals surface area contributed by atoms with Crippen molar-refractivity contribution < 1.29 is 14.6 Å². The molecule has 1 aliphatic heterocycles. The van der Waals surface area contributed by atoms with Gasteiger partial charge in [0.1, 0.15) is 11.5 Å². The van der Waals surface area contributed by atoms with E-state index in [0.717, 1.165) is 34.4 Å². The first kappa shape index (κ1) is 21.9. The van der Waals surface area contributed by atoms with E-state index < -0.39 is 6.04 Å². The standard InChI is InChI=1S/C27H30N2O3/c1-17-12-21(30)13-18(2)22(17)16-24(28)27(31)29-25-10-11-32-26-9-8-20(15-23(25)26)14-19-6-4-3-5-7-19/h3-9,12-13,15,24-25,30H,10-11,14,16,28H2,1-2H3,(H,29,31)/t24-,25+/m0/s1. The first-order valence-electron chi connectivity index (χ1n) is 11.1. The molecule has 1 aliphatic rings. The molecule has 166 valence electrons. The second kappa shape index (κ2) is 9.45. The zero-order chi connectivity index (χ0) is 22.7. The van der Waals surface area contributed by atoms with Gasteiger partial charge < -0.3 is 20.9 Å². The quantitative estimate of drug-likeness (QED) is 0.549. The van der Waals surface area contributed by atoms with Crippen molar-refractivity contribution in [1.29, 1.82) is 0 Å². The van der Waals surface area contributed by atoms with Crippen LogP contribution < -0.4 is 15.8 Å². The van der Waals surface area contributed by atoms with E-state index in [1.165, 1.54) is 11.1 Å². The van der Waals surface area contributed by atoms with Crippen LogP contribution in [0.15, 0.2) is 60.7 Å². The smallest absolute Gasteiger partial charge is 0.237 e. The van der Waals surface area contributed by atoms with Gasteiger partial charge in [0, 0.05) is 12.0 Å². The molecule has 3 aromatic carbocycles. The van der Waals surface area contributed by atoms with Crippen LogP contribution >= 0.6 is 0 Å². The molecule has 0 aromatic heterocycles. The van der Waals surface area contributed by atoms with E-state index >= 15 is 0 Å². The molecule has 4 rings (SSSR count). The number of phenols is 1.